The van der Waals surface area contributed by atoms with Crippen molar-refractivity contribution in [1.82, 2.24) is 5.32 Å². The van der Waals surface area contributed by atoms with E-state index in [1.54, 1.807) is 0 Å². The van der Waals surface area contributed by atoms with Gasteiger partial charge in [0.2, 0.25) is 0 Å². The summed E-state index contributed by atoms with van der Waals surface area (Å²) in [7, 11) is 0. The van der Waals surface area contributed by atoms with Gasteiger partial charge in [0.05, 0.1) is 12.7 Å². The molecule has 0 amide bonds. The van der Waals surface area contributed by atoms with Crippen molar-refractivity contribution in [2.24, 2.45) is 5.92 Å². The largest absolute Gasteiger partial charge is 0.395 e. The molecule has 0 heterocycles. The molecular formula is C16H27NO2. The standard InChI is InChI=1S/C16H27NO2/c1-11(2)13-5-7-14(8-6-13)16(19)9-17-15(10-18)12(3)4/h5-8,11-12,15-19H,9-10H2,1-4H3. The Labute approximate surface area is 116 Å². The maximum Gasteiger partial charge on any atom is 0.0914 e. The zero-order valence-corrected chi connectivity index (χ0v) is 12.4. The summed E-state index contributed by atoms with van der Waals surface area (Å²) in [6, 6.07) is 8.12. The van der Waals surface area contributed by atoms with Gasteiger partial charge in [0.25, 0.3) is 0 Å². The van der Waals surface area contributed by atoms with E-state index in [2.05, 4.69) is 45.1 Å². The third-order valence-corrected chi connectivity index (χ3v) is 3.56. The molecule has 0 aromatic heterocycles. The number of aliphatic hydroxyl groups excluding tert-OH is 2. The molecule has 19 heavy (non-hydrogen) atoms. The minimum Gasteiger partial charge on any atom is -0.395 e. The van der Waals surface area contributed by atoms with Crippen LogP contribution in [0.1, 0.15) is 50.8 Å². The Hall–Kier alpha value is -0.900. The summed E-state index contributed by atoms with van der Waals surface area (Å²) in [5.74, 6) is 0.851. The van der Waals surface area contributed by atoms with E-state index in [1.165, 1.54) is 5.56 Å². The summed E-state index contributed by atoms with van der Waals surface area (Å²) < 4.78 is 0. The summed E-state index contributed by atoms with van der Waals surface area (Å²) in [6.45, 7) is 8.97. The molecular weight excluding hydrogens is 238 g/mol. The van der Waals surface area contributed by atoms with Crippen molar-refractivity contribution >= 4 is 0 Å². The average Bonchev–Trinajstić information content (AvgIpc) is 2.38. The van der Waals surface area contributed by atoms with Crippen molar-refractivity contribution in [3.63, 3.8) is 0 Å². The average molecular weight is 265 g/mol. The van der Waals surface area contributed by atoms with Crippen molar-refractivity contribution in [2.45, 2.75) is 45.8 Å². The third-order valence-electron chi connectivity index (χ3n) is 3.56. The highest BCUT2D eigenvalue weighted by molar-refractivity contribution is 5.26. The predicted molar refractivity (Wildman–Crippen MR) is 79.2 cm³/mol. The van der Waals surface area contributed by atoms with Gasteiger partial charge < -0.3 is 15.5 Å². The Kier molecular flexibility index (Phi) is 6.49. The van der Waals surface area contributed by atoms with Gasteiger partial charge in [-0.05, 0) is 23.0 Å². The lowest BCUT2D eigenvalue weighted by Crippen LogP contribution is -2.39. The highest BCUT2D eigenvalue weighted by Crippen LogP contribution is 2.18. The molecule has 0 aliphatic carbocycles. The van der Waals surface area contributed by atoms with Crippen LogP contribution in [-0.4, -0.2) is 29.4 Å². The number of nitrogens with one attached hydrogen (secondary N) is 1. The summed E-state index contributed by atoms with van der Waals surface area (Å²) in [5.41, 5.74) is 2.19. The van der Waals surface area contributed by atoms with Gasteiger partial charge in [-0.2, -0.15) is 0 Å². The highest BCUT2D eigenvalue weighted by Gasteiger charge is 2.14. The van der Waals surface area contributed by atoms with Crippen molar-refractivity contribution in [3.05, 3.63) is 35.4 Å². The van der Waals surface area contributed by atoms with Gasteiger partial charge in [0.1, 0.15) is 0 Å². The van der Waals surface area contributed by atoms with Crippen molar-refractivity contribution in [3.8, 4) is 0 Å². The molecule has 1 aromatic carbocycles. The minimum absolute atomic E-state index is 0.0320. The Balaban J connectivity index is 2.55. The molecule has 2 unspecified atom stereocenters. The summed E-state index contributed by atoms with van der Waals surface area (Å²) in [4.78, 5) is 0. The molecule has 0 saturated heterocycles. The molecule has 0 radical (unpaired) electrons. The summed E-state index contributed by atoms with van der Waals surface area (Å²) >= 11 is 0. The first-order valence-corrected chi connectivity index (χ1v) is 7.07. The molecule has 0 aliphatic rings. The second-order valence-electron chi connectivity index (χ2n) is 5.78. The van der Waals surface area contributed by atoms with E-state index in [9.17, 15) is 10.2 Å². The molecule has 0 bridgehead atoms. The Morgan fingerprint density at radius 3 is 1.95 bits per heavy atom. The fraction of sp³-hybridized carbons (Fsp3) is 0.625. The second-order valence-corrected chi connectivity index (χ2v) is 5.78. The number of hydrogen-bond donors (Lipinski definition) is 3. The Morgan fingerprint density at radius 2 is 1.53 bits per heavy atom. The van der Waals surface area contributed by atoms with Crippen molar-refractivity contribution in [1.29, 1.82) is 0 Å². The first kappa shape index (κ1) is 16.2. The second kappa shape index (κ2) is 7.63. The SMILES string of the molecule is CC(C)c1ccc(C(O)CNC(CO)C(C)C)cc1. The van der Waals surface area contributed by atoms with Crippen LogP contribution in [0.4, 0.5) is 0 Å². The van der Waals surface area contributed by atoms with Gasteiger partial charge in [-0.25, -0.2) is 0 Å². The summed E-state index contributed by atoms with van der Waals surface area (Å²) in [6.07, 6.45) is -0.533. The van der Waals surface area contributed by atoms with Crippen LogP contribution in [0.3, 0.4) is 0 Å². The van der Waals surface area contributed by atoms with Crippen molar-refractivity contribution in [2.75, 3.05) is 13.2 Å². The number of aliphatic hydroxyl groups is 2. The van der Waals surface area contributed by atoms with Crippen LogP contribution in [0.5, 0.6) is 0 Å². The number of hydrogen-bond acceptors (Lipinski definition) is 3. The lowest BCUT2D eigenvalue weighted by atomic mass is 9.99. The zero-order valence-electron chi connectivity index (χ0n) is 12.4. The van der Waals surface area contributed by atoms with Crippen LogP contribution in [0, 0.1) is 5.92 Å². The van der Waals surface area contributed by atoms with Crippen LogP contribution >= 0.6 is 0 Å². The van der Waals surface area contributed by atoms with Gasteiger partial charge >= 0.3 is 0 Å². The van der Waals surface area contributed by atoms with Crippen molar-refractivity contribution < 1.29 is 10.2 Å². The van der Waals surface area contributed by atoms with Crippen LogP contribution in [0.2, 0.25) is 0 Å². The predicted octanol–water partition coefficient (Wildman–Crippen LogP) is 2.45. The lowest BCUT2D eigenvalue weighted by molar-refractivity contribution is 0.148. The monoisotopic (exact) mass is 265 g/mol. The zero-order chi connectivity index (χ0) is 14.4. The van der Waals surface area contributed by atoms with E-state index in [0.29, 0.717) is 18.4 Å². The first-order chi connectivity index (χ1) is 8.95. The smallest absolute Gasteiger partial charge is 0.0914 e. The molecule has 0 fully saturated rings. The van der Waals surface area contributed by atoms with E-state index in [4.69, 9.17) is 0 Å². The van der Waals surface area contributed by atoms with E-state index < -0.39 is 6.10 Å². The number of rotatable bonds is 7. The molecule has 0 saturated carbocycles. The van der Waals surface area contributed by atoms with Crippen LogP contribution in [0.25, 0.3) is 0 Å². The molecule has 2 atom stereocenters. The molecule has 1 aromatic rings. The normalized spacial score (nSPS) is 14.9. The Bertz CT molecular complexity index is 360. The Morgan fingerprint density at radius 1 is 1.00 bits per heavy atom. The maximum absolute atomic E-state index is 10.1. The molecule has 1 rings (SSSR count). The third kappa shape index (κ3) is 4.94. The highest BCUT2D eigenvalue weighted by atomic mass is 16.3. The molecule has 0 spiro atoms. The van der Waals surface area contributed by atoms with Crippen LogP contribution in [-0.2, 0) is 0 Å². The fourth-order valence-electron chi connectivity index (χ4n) is 1.99. The van der Waals surface area contributed by atoms with Gasteiger partial charge in [-0.3, -0.25) is 0 Å². The quantitative estimate of drug-likeness (QED) is 0.710. The van der Waals surface area contributed by atoms with E-state index in [-0.39, 0.29) is 12.6 Å². The minimum atomic E-state index is -0.533. The number of benzene rings is 1. The van der Waals surface area contributed by atoms with Crippen LogP contribution < -0.4 is 5.32 Å². The maximum atomic E-state index is 10.1. The molecule has 3 N–H and O–H groups in total. The molecule has 3 heteroatoms. The van der Waals surface area contributed by atoms with E-state index >= 15 is 0 Å². The summed E-state index contributed by atoms with van der Waals surface area (Å²) in [5, 5.41) is 22.6. The fourth-order valence-corrected chi connectivity index (χ4v) is 1.99. The lowest BCUT2D eigenvalue weighted by Gasteiger charge is -2.22. The first-order valence-electron chi connectivity index (χ1n) is 7.07. The van der Waals surface area contributed by atoms with E-state index in [0.717, 1.165) is 5.56 Å². The van der Waals surface area contributed by atoms with Gasteiger partial charge in [0, 0.05) is 12.6 Å². The van der Waals surface area contributed by atoms with Gasteiger partial charge in [-0.15, -0.1) is 0 Å². The van der Waals surface area contributed by atoms with Gasteiger partial charge in [-0.1, -0.05) is 52.0 Å². The van der Waals surface area contributed by atoms with E-state index in [1.807, 2.05) is 12.1 Å². The van der Waals surface area contributed by atoms with Crippen LogP contribution in [0.15, 0.2) is 24.3 Å². The topological polar surface area (TPSA) is 52.5 Å². The molecule has 0 aliphatic heterocycles. The molecule has 3 nitrogen and oxygen atoms in total. The van der Waals surface area contributed by atoms with Gasteiger partial charge in [0.15, 0.2) is 0 Å². The molecule has 108 valence electrons.